The maximum absolute atomic E-state index is 12.9. The van der Waals surface area contributed by atoms with Gasteiger partial charge in [0.2, 0.25) is 5.91 Å². The number of fused-ring (bicyclic) bond motifs is 1. The third-order valence-corrected chi connectivity index (χ3v) is 4.41. The molecule has 0 unspecified atom stereocenters. The molecule has 1 aliphatic heterocycles. The van der Waals surface area contributed by atoms with Gasteiger partial charge < -0.3 is 14.9 Å². The van der Waals surface area contributed by atoms with Gasteiger partial charge in [0.05, 0.1) is 0 Å². The van der Waals surface area contributed by atoms with E-state index >= 15 is 0 Å². The van der Waals surface area contributed by atoms with Crippen LogP contribution in [-0.4, -0.2) is 46.4 Å². The quantitative estimate of drug-likeness (QED) is 0.884. The first-order valence-corrected chi connectivity index (χ1v) is 8.25. The maximum atomic E-state index is 12.9. The number of carboxylic acids is 1. The molecule has 0 aliphatic carbocycles. The molecule has 26 heavy (non-hydrogen) atoms. The zero-order valence-electron chi connectivity index (χ0n) is 14.4. The van der Waals surface area contributed by atoms with Crippen molar-refractivity contribution in [1.29, 1.82) is 0 Å². The van der Waals surface area contributed by atoms with Crippen molar-refractivity contribution >= 4 is 23.5 Å². The van der Waals surface area contributed by atoms with E-state index in [1.807, 2.05) is 6.07 Å². The number of aromatic nitrogens is 1. The Labute approximate surface area is 150 Å². The number of amides is 2. The van der Waals surface area contributed by atoms with Gasteiger partial charge in [-0.3, -0.25) is 19.4 Å². The number of aryl methyl sites for hydroxylation is 1. The number of benzene rings is 1. The van der Waals surface area contributed by atoms with Crippen molar-refractivity contribution in [2.75, 3.05) is 18.5 Å². The van der Waals surface area contributed by atoms with Crippen LogP contribution in [0.3, 0.4) is 0 Å². The first kappa shape index (κ1) is 17.6. The summed E-state index contributed by atoms with van der Waals surface area (Å²) in [6, 6.07) is 8.65. The highest BCUT2D eigenvalue weighted by Gasteiger charge is 2.24. The minimum atomic E-state index is -1.09. The average Bonchev–Trinajstić information content (AvgIpc) is 2.64. The van der Waals surface area contributed by atoms with E-state index in [4.69, 9.17) is 5.11 Å². The number of pyridine rings is 1. The first-order valence-electron chi connectivity index (χ1n) is 8.25. The lowest BCUT2D eigenvalue weighted by atomic mass is 9.99. The van der Waals surface area contributed by atoms with Gasteiger partial charge in [-0.1, -0.05) is 6.07 Å². The Hall–Kier alpha value is -3.22. The number of nitrogens with zero attached hydrogens (tertiary/aromatic N) is 3. The molecule has 2 aromatic rings. The van der Waals surface area contributed by atoms with Crippen molar-refractivity contribution in [3.8, 4) is 0 Å². The summed E-state index contributed by atoms with van der Waals surface area (Å²) in [7, 11) is 1.68. The number of carboxylic acid groups (broad SMARTS) is 1. The summed E-state index contributed by atoms with van der Waals surface area (Å²) in [5.41, 5.74) is 2.86. The Kier molecular flexibility index (Phi) is 4.97. The van der Waals surface area contributed by atoms with E-state index in [1.165, 1.54) is 4.90 Å². The van der Waals surface area contributed by atoms with Crippen LogP contribution >= 0.6 is 0 Å². The third kappa shape index (κ3) is 3.72. The molecule has 2 heterocycles. The van der Waals surface area contributed by atoms with Crippen LogP contribution < -0.4 is 4.90 Å². The van der Waals surface area contributed by atoms with Gasteiger partial charge in [-0.2, -0.15) is 0 Å². The van der Waals surface area contributed by atoms with Crippen molar-refractivity contribution in [3.05, 3.63) is 59.4 Å². The predicted octanol–water partition coefficient (Wildman–Crippen LogP) is 1.72. The molecule has 1 aliphatic rings. The van der Waals surface area contributed by atoms with E-state index in [0.717, 1.165) is 11.1 Å². The monoisotopic (exact) mass is 353 g/mol. The topological polar surface area (TPSA) is 90.8 Å². The number of hydrogen-bond acceptors (Lipinski definition) is 4. The lowest BCUT2D eigenvalue weighted by molar-refractivity contribution is -0.137. The summed E-state index contributed by atoms with van der Waals surface area (Å²) >= 11 is 0. The number of hydrogen-bond donors (Lipinski definition) is 1. The minimum Gasteiger partial charge on any atom is -0.480 e. The highest BCUT2D eigenvalue weighted by Crippen LogP contribution is 2.28. The van der Waals surface area contributed by atoms with Gasteiger partial charge in [0.15, 0.2) is 0 Å². The fourth-order valence-electron chi connectivity index (χ4n) is 3.02. The molecule has 1 aromatic heterocycles. The molecule has 7 nitrogen and oxygen atoms in total. The summed E-state index contributed by atoms with van der Waals surface area (Å²) < 4.78 is 0. The van der Waals surface area contributed by atoms with Crippen molar-refractivity contribution in [3.63, 3.8) is 0 Å². The van der Waals surface area contributed by atoms with Crippen molar-refractivity contribution in [2.24, 2.45) is 0 Å². The Morgan fingerprint density at radius 2 is 1.92 bits per heavy atom. The van der Waals surface area contributed by atoms with Crippen LogP contribution in [0.1, 0.15) is 27.9 Å². The Morgan fingerprint density at radius 3 is 2.62 bits per heavy atom. The van der Waals surface area contributed by atoms with E-state index in [0.29, 0.717) is 24.1 Å². The molecule has 1 N–H and O–H groups in total. The molecule has 1 aromatic carbocycles. The second-order valence-electron chi connectivity index (χ2n) is 6.21. The first-order chi connectivity index (χ1) is 12.5. The lowest BCUT2D eigenvalue weighted by Gasteiger charge is -2.27. The number of rotatable bonds is 5. The zero-order chi connectivity index (χ0) is 18.7. The minimum absolute atomic E-state index is 0.00118. The number of carbonyl (C=O) groups excluding carboxylic acids is 2. The summed E-state index contributed by atoms with van der Waals surface area (Å²) in [6.45, 7) is -0.244. The van der Waals surface area contributed by atoms with E-state index in [1.54, 1.807) is 48.6 Å². The van der Waals surface area contributed by atoms with Crippen LogP contribution in [0, 0.1) is 0 Å². The average molecular weight is 353 g/mol. The second kappa shape index (κ2) is 7.35. The van der Waals surface area contributed by atoms with Crippen LogP contribution in [0.2, 0.25) is 0 Å². The second-order valence-corrected chi connectivity index (χ2v) is 6.21. The normalized spacial score (nSPS) is 13.3. The smallest absolute Gasteiger partial charge is 0.323 e. The molecule has 7 heteroatoms. The van der Waals surface area contributed by atoms with Gasteiger partial charge in [-0.15, -0.1) is 0 Å². The standard InChI is InChI=1S/C19H19N3O4/c1-21-16-10-15(3-2-14(16)4-5-17(21)23)19(26)22(12-18(24)25)11-13-6-8-20-9-7-13/h2-3,6-10H,4-5,11-12H2,1H3,(H,24,25). The number of anilines is 1. The number of aliphatic carboxylic acids is 1. The van der Waals surface area contributed by atoms with Crippen LogP contribution in [0.15, 0.2) is 42.7 Å². The molecule has 0 saturated heterocycles. The van der Waals surface area contributed by atoms with Gasteiger partial charge in [0, 0.05) is 43.7 Å². The van der Waals surface area contributed by atoms with Crippen LogP contribution in [-0.2, 0) is 22.6 Å². The van der Waals surface area contributed by atoms with E-state index in [9.17, 15) is 14.4 Å². The summed E-state index contributed by atoms with van der Waals surface area (Å²) in [5.74, 6) is -1.47. The highest BCUT2D eigenvalue weighted by molar-refractivity contribution is 6.00. The fraction of sp³-hybridized carbons (Fsp3) is 0.263. The summed E-state index contributed by atoms with van der Waals surface area (Å²) in [5, 5.41) is 9.17. The van der Waals surface area contributed by atoms with Gasteiger partial charge in [-0.05, 0) is 41.8 Å². The van der Waals surface area contributed by atoms with Gasteiger partial charge in [-0.25, -0.2) is 0 Å². The van der Waals surface area contributed by atoms with Crippen LogP contribution in [0.4, 0.5) is 5.69 Å². The van der Waals surface area contributed by atoms with Gasteiger partial charge in [0.1, 0.15) is 6.54 Å². The molecule has 0 bridgehead atoms. The maximum Gasteiger partial charge on any atom is 0.323 e. The predicted molar refractivity (Wildman–Crippen MR) is 94.8 cm³/mol. The van der Waals surface area contributed by atoms with E-state index in [-0.39, 0.29) is 12.5 Å². The molecular formula is C19H19N3O4. The van der Waals surface area contributed by atoms with Crippen molar-refractivity contribution in [1.82, 2.24) is 9.88 Å². The summed E-state index contributed by atoms with van der Waals surface area (Å²) in [6.07, 6.45) is 4.28. The molecule has 0 radical (unpaired) electrons. The van der Waals surface area contributed by atoms with Crippen molar-refractivity contribution in [2.45, 2.75) is 19.4 Å². The molecule has 0 atom stereocenters. The molecule has 0 saturated carbocycles. The third-order valence-electron chi connectivity index (χ3n) is 4.41. The van der Waals surface area contributed by atoms with E-state index < -0.39 is 18.4 Å². The molecular weight excluding hydrogens is 334 g/mol. The zero-order valence-corrected chi connectivity index (χ0v) is 14.4. The van der Waals surface area contributed by atoms with E-state index in [2.05, 4.69) is 4.98 Å². The fourth-order valence-corrected chi connectivity index (χ4v) is 3.02. The largest absolute Gasteiger partial charge is 0.480 e. The Morgan fingerprint density at radius 1 is 1.19 bits per heavy atom. The molecule has 134 valence electrons. The molecule has 2 amide bonds. The van der Waals surface area contributed by atoms with Crippen LogP contribution in [0.25, 0.3) is 0 Å². The van der Waals surface area contributed by atoms with Gasteiger partial charge in [0.25, 0.3) is 5.91 Å². The highest BCUT2D eigenvalue weighted by atomic mass is 16.4. The van der Waals surface area contributed by atoms with Crippen LogP contribution in [0.5, 0.6) is 0 Å². The SMILES string of the molecule is CN1C(=O)CCc2ccc(C(=O)N(CC(=O)O)Cc3ccncc3)cc21. The Balaban J connectivity index is 1.89. The summed E-state index contributed by atoms with van der Waals surface area (Å²) in [4.78, 5) is 42.7. The molecule has 0 fully saturated rings. The molecule has 0 spiro atoms. The Bertz CT molecular complexity index is 851. The van der Waals surface area contributed by atoms with Crippen molar-refractivity contribution < 1.29 is 19.5 Å². The molecule has 3 rings (SSSR count). The lowest BCUT2D eigenvalue weighted by Crippen LogP contribution is -2.36. The number of carbonyl (C=O) groups is 3. The van der Waals surface area contributed by atoms with Gasteiger partial charge >= 0.3 is 5.97 Å².